The van der Waals surface area contributed by atoms with Crippen LogP contribution in [0.4, 0.5) is 0 Å². The average Bonchev–Trinajstić information content (AvgIpc) is 2.54. The van der Waals surface area contributed by atoms with Crippen molar-refractivity contribution in [3.8, 4) is 0 Å². The molecule has 0 aromatic heterocycles. The lowest BCUT2D eigenvalue weighted by molar-refractivity contribution is 0.0948. The van der Waals surface area contributed by atoms with Crippen LogP contribution >= 0.6 is 11.8 Å². The van der Waals surface area contributed by atoms with Crippen molar-refractivity contribution in [2.24, 2.45) is 0 Å². The summed E-state index contributed by atoms with van der Waals surface area (Å²) < 4.78 is 0. The van der Waals surface area contributed by atoms with E-state index in [4.69, 9.17) is 0 Å². The van der Waals surface area contributed by atoms with Crippen LogP contribution in [-0.4, -0.2) is 17.0 Å². The maximum Gasteiger partial charge on any atom is 0.252 e. The summed E-state index contributed by atoms with van der Waals surface area (Å²) in [6.07, 6.45) is 1.93. The predicted octanol–water partition coefficient (Wildman–Crippen LogP) is 4.13. The number of nitrogens with one attached hydrogen (secondary N) is 1. The van der Waals surface area contributed by atoms with Gasteiger partial charge in [0.05, 0.1) is 5.37 Å². The topological polar surface area (TPSA) is 29.1 Å². The molecule has 0 saturated carbocycles. The van der Waals surface area contributed by atoms with Gasteiger partial charge in [0.2, 0.25) is 0 Å². The zero-order chi connectivity index (χ0) is 14.9. The highest BCUT2D eigenvalue weighted by atomic mass is 32.2. The molecule has 110 valence electrons. The molecule has 1 N–H and O–H groups in total. The molecule has 2 aromatic carbocycles. The van der Waals surface area contributed by atoms with E-state index in [1.807, 2.05) is 36.4 Å². The molecule has 2 rings (SSSR count). The molecular weight excluding hydrogens is 278 g/mol. The first-order valence-electron chi connectivity index (χ1n) is 7.31. The van der Waals surface area contributed by atoms with Crippen LogP contribution in [0.5, 0.6) is 0 Å². The monoisotopic (exact) mass is 299 g/mol. The Hall–Kier alpha value is -1.74. The molecule has 21 heavy (non-hydrogen) atoms. The number of carbonyl (C=O) groups is 1. The highest BCUT2D eigenvalue weighted by molar-refractivity contribution is 7.99. The SMILES string of the molecule is CCSC(CCc1ccccc1)NC(=O)c1ccccc1. The second-order valence-electron chi connectivity index (χ2n) is 4.81. The number of aryl methyl sites for hydroxylation is 1. The number of benzene rings is 2. The zero-order valence-corrected chi connectivity index (χ0v) is 13.1. The number of hydrogen-bond donors (Lipinski definition) is 1. The van der Waals surface area contributed by atoms with Gasteiger partial charge in [0.15, 0.2) is 0 Å². The molecule has 1 atom stereocenters. The summed E-state index contributed by atoms with van der Waals surface area (Å²) >= 11 is 1.79. The molecule has 0 aliphatic carbocycles. The summed E-state index contributed by atoms with van der Waals surface area (Å²) in [5.74, 6) is 1.00. The van der Waals surface area contributed by atoms with Crippen molar-refractivity contribution in [3.05, 3.63) is 71.8 Å². The van der Waals surface area contributed by atoms with Crippen LogP contribution in [0.25, 0.3) is 0 Å². The van der Waals surface area contributed by atoms with Crippen molar-refractivity contribution in [3.63, 3.8) is 0 Å². The van der Waals surface area contributed by atoms with Crippen molar-refractivity contribution in [1.82, 2.24) is 5.32 Å². The molecule has 0 heterocycles. The number of hydrogen-bond acceptors (Lipinski definition) is 2. The molecule has 1 amide bonds. The number of carbonyl (C=O) groups excluding carboxylic acids is 1. The van der Waals surface area contributed by atoms with Crippen molar-refractivity contribution in [2.75, 3.05) is 5.75 Å². The molecule has 2 nitrogen and oxygen atoms in total. The van der Waals surface area contributed by atoms with Crippen LogP contribution in [-0.2, 0) is 6.42 Å². The predicted molar refractivity (Wildman–Crippen MR) is 90.6 cm³/mol. The first-order chi connectivity index (χ1) is 10.3. The quantitative estimate of drug-likeness (QED) is 0.779. The summed E-state index contributed by atoms with van der Waals surface area (Å²) in [6.45, 7) is 2.12. The van der Waals surface area contributed by atoms with E-state index >= 15 is 0 Å². The summed E-state index contributed by atoms with van der Waals surface area (Å²) in [6, 6.07) is 19.8. The molecule has 0 saturated heterocycles. The molecule has 0 spiro atoms. The van der Waals surface area contributed by atoms with Gasteiger partial charge in [0.1, 0.15) is 0 Å². The Morgan fingerprint density at radius 3 is 2.29 bits per heavy atom. The molecule has 2 aromatic rings. The van der Waals surface area contributed by atoms with E-state index in [9.17, 15) is 4.79 Å². The molecule has 3 heteroatoms. The van der Waals surface area contributed by atoms with Crippen molar-refractivity contribution >= 4 is 17.7 Å². The van der Waals surface area contributed by atoms with Gasteiger partial charge in [-0.2, -0.15) is 0 Å². The smallest absolute Gasteiger partial charge is 0.252 e. The summed E-state index contributed by atoms with van der Waals surface area (Å²) in [4.78, 5) is 12.2. The lowest BCUT2D eigenvalue weighted by Crippen LogP contribution is -2.33. The van der Waals surface area contributed by atoms with Gasteiger partial charge < -0.3 is 5.32 Å². The third-order valence-corrected chi connectivity index (χ3v) is 4.32. The molecule has 1 unspecified atom stereocenters. The fourth-order valence-corrected chi connectivity index (χ4v) is 3.04. The van der Waals surface area contributed by atoms with Gasteiger partial charge >= 0.3 is 0 Å². The van der Waals surface area contributed by atoms with E-state index in [0.29, 0.717) is 0 Å². The Kier molecular flexibility index (Phi) is 6.35. The summed E-state index contributed by atoms with van der Waals surface area (Å²) in [7, 11) is 0. The first-order valence-corrected chi connectivity index (χ1v) is 8.36. The Morgan fingerprint density at radius 1 is 1.05 bits per heavy atom. The van der Waals surface area contributed by atoms with Crippen LogP contribution < -0.4 is 5.32 Å². The fraction of sp³-hybridized carbons (Fsp3) is 0.278. The fourth-order valence-electron chi connectivity index (χ4n) is 2.16. The van der Waals surface area contributed by atoms with Crippen LogP contribution in [0.1, 0.15) is 29.3 Å². The molecule has 0 radical (unpaired) electrons. The second-order valence-corrected chi connectivity index (χ2v) is 6.29. The van der Waals surface area contributed by atoms with Gasteiger partial charge in [-0.3, -0.25) is 4.79 Å². The summed E-state index contributed by atoms with van der Waals surface area (Å²) in [5, 5.41) is 3.28. The van der Waals surface area contributed by atoms with Gasteiger partial charge in [-0.1, -0.05) is 55.5 Å². The van der Waals surface area contributed by atoms with E-state index in [0.717, 1.165) is 24.2 Å². The zero-order valence-electron chi connectivity index (χ0n) is 12.3. The van der Waals surface area contributed by atoms with Crippen LogP contribution in [0, 0.1) is 0 Å². The van der Waals surface area contributed by atoms with Gasteiger partial charge in [0, 0.05) is 5.56 Å². The first kappa shape index (κ1) is 15.6. The van der Waals surface area contributed by atoms with Gasteiger partial charge in [-0.05, 0) is 36.3 Å². The Bertz CT molecular complexity index is 542. The Balaban J connectivity index is 1.91. The summed E-state index contributed by atoms with van der Waals surface area (Å²) in [5.41, 5.74) is 2.03. The van der Waals surface area contributed by atoms with Gasteiger partial charge in [0.25, 0.3) is 5.91 Å². The van der Waals surface area contributed by atoms with Gasteiger partial charge in [-0.15, -0.1) is 11.8 Å². The van der Waals surface area contributed by atoms with E-state index in [1.54, 1.807) is 11.8 Å². The lowest BCUT2D eigenvalue weighted by Gasteiger charge is -2.17. The normalized spacial score (nSPS) is 11.9. The highest BCUT2D eigenvalue weighted by Crippen LogP contribution is 2.15. The largest absolute Gasteiger partial charge is 0.340 e. The van der Waals surface area contributed by atoms with E-state index < -0.39 is 0 Å². The third kappa shape index (κ3) is 5.27. The minimum absolute atomic E-state index is 0.00890. The molecule has 0 bridgehead atoms. The number of rotatable bonds is 7. The maximum atomic E-state index is 12.2. The Labute approximate surface area is 131 Å². The second kappa shape index (κ2) is 8.53. The van der Waals surface area contributed by atoms with Crippen LogP contribution in [0.2, 0.25) is 0 Å². The third-order valence-electron chi connectivity index (χ3n) is 3.23. The molecule has 0 fully saturated rings. The lowest BCUT2D eigenvalue weighted by atomic mass is 10.1. The molecular formula is C18H21NOS. The maximum absolute atomic E-state index is 12.2. The minimum atomic E-state index is 0.00890. The van der Waals surface area contributed by atoms with Crippen molar-refractivity contribution in [2.45, 2.75) is 25.1 Å². The van der Waals surface area contributed by atoms with E-state index in [1.165, 1.54) is 5.56 Å². The van der Waals surface area contributed by atoms with E-state index in [2.05, 4.69) is 36.5 Å². The standard InChI is InChI=1S/C18H21NOS/c1-2-21-17(14-13-15-9-5-3-6-10-15)19-18(20)16-11-7-4-8-12-16/h3-12,17H,2,13-14H2,1H3,(H,19,20). The van der Waals surface area contributed by atoms with E-state index in [-0.39, 0.29) is 11.3 Å². The number of amides is 1. The van der Waals surface area contributed by atoms with Crippen molar-refractivity contribution in [1.29, 1.82) is 0 Å². The Morgan fingerprint density at radius 2 is 1.67 bits per heavy atom. The van der Waals surface area contributed by atoms with Crippen molar-refractivity contribution < 1.29 is 4.79 Å². The number of thioether (sulfide) groups is 1. The van der Waals surface area contributed by atoms with Crippen LogP contribution in [0.3, 0.4) is 0 Å². The van der Waals surface area contributed by atoms with Gasteiger partial charge in [-0.25, -0.2) is 0 Å². The molecule has 0 aliphatic rings. The highest BCUT2D eigenvalue weighted by Gasteiger charge is 2.13. The minimum Gasteiger partial charge on any atom is -0.340 e. The molecule has 0 aliphatic heterocycles. The average molecular weight is 299 g/mol. The van der Waals surface area contributed by atoms with Crippen LogP contribution in [0.15, 0.2) is 60.7 Å².